The molecule has 1 unspecified atom stereocenters. The molecule has 2 rings (SSSR count). The Hall–Kier alpha value is -1.41. The summed E-state index contributed by atoms with van der Waals surface area (Å²) in [6, 6.07) is 1.88. The van der Waals surface area contributed by atoms with E-state index < -0.39 is 9.84 Å². The predicted molar refractivity (Wildman–Crippen MR) is 87.1 cm³/mol. The standard InChI is InChI=1S/C14H24N4O3S/c1-3-18(12-5-8-22(19,20)10-12)14-9-13(16-11-17-14)15-6-4-7-21-2/h9,11-12H,3-8,10H2,1-2H3,(H,15,16,17). The Kier molecular flexibility index (Phi) is 5.96. The Balaban J connectivity index is 2.03. The topological polar surface area (TPSA) is 84.4 Å². The summed E-state index contributed by atoms with van der Waals surface area (Å²) in [6.07, 6.45) is 3.07. The molecule has 8 heteroatoms. The van der Waals surface area contributed by atoms with Crippen molar-refractivity contribution in [3.8, 4) is 0 Å². The van der Waals surface area contributed by atoms with Crippen LogP contribution in [0.25, 0.3) is 0 Å². The van der Waals surface area contributed by atoms with Crippen LogP contribution in [-0.4, -0.2) is 62.7 Å². The molecule has 124 valence electrons. The number of sulfone groups is 1. The van der Waals surface area contributed by atoms with Crippen LogP contribution >= 0.6 is 0 Å². The van der Waals surface area contributed by atoms with Gasteiger partial charge in [-0.2, -0.15) is 0 Å². The summed E-state index contributed by atoms with van der Waals surface area (Å²) >= 11 is 0. The first kappa shape index (κ1) is 17.0. The van der Waals surface area contributed by atoms with E-state index in [1.807, 2.05) is 17.9 Å². The third-order valence-electron chi connectivity index (χ3n) is 3.77. The van der Waals surface area contributed by atoms with Crippen LogP contribution in [0, 0.1) is 0 Å². The Bertz CT molecular complexity index is 579. The maximum Gasteiger partial charge on any atom is 0.152 e. The van der Waals surface area contributed by atoms with Crippen molar-refractivity contribution in [1.29, 1.82) is 0 Å². The van der Waals surface area contributed by atoms with E-state index >= 15 is 0 Å². The van der Waals surface area contributed by atoms with Gasteiger partial charge in [-0.15, -0.1) is 0 Å². The van der Waals surface area contributed by atoms with Crippen molar-refractivity contribution in [2.24, 2.45) is 0 Å². The van der Waals surface area contributed by atoms with Gasteiger partial charge >= 0.3 is 0 Å². The van der Waals surface area contributed by atoms with Gasteiger partial charge in [0.25, 0.3) is 0 Å². The Labute approximate surface area is 132 Å². The van der Waals surface area contributed by atoms with Crippen molar-refractivity contribution < 1.29 is 13.2 Å². The lowest BCUT2D eigenvalue weighted by Crippen LogP contribution is -2.36. The first-order valence-corrected chi connectivity index (χ1v) is 9.40. The van der Waals surface area contributed by atoms with Gasteiger partial charge in [0.2, 0.25) is 0 Å². The molecule has 0 bridgehead atoms. The number of hydrogen-bond acceptors (Lipinski definition) is 7. The number of nitrogens with zero attached hydrogens (tertiary/aromatic N) is 3. The molecule has 1 N–H and O–H groups in total. The molecule has 1 aromatic rings. The van der Waals surface area contributed by atoms with Gasteiger partial charge in [0.1, 0.15) is 18.0 Å². The number of hydrogen-bond donors (Lipinski definition) is 1. The second kappa shape index (κ2) is 7.73. The molecule has 1 aromatic heterocycles. The molecule has 0 radical (unpaired) electrons. The largest absolute Gasteiger partial charge is 0.385 e. The molecule has 2 heterocycles. The van der Waals surface area contributed by atoms with Crippen molar-refractivity contribution in [3.05, 3.63) is 12.4 Å². The Morgan fingerprint density at radius 2 is 2.27 bits per heavy atom. The summed E-state index contributed by atoms with van der Waals surface area (Å²) in [7, 11) is -1.23. The van der Waals surface area contributed by atoms with Crippen LogP contribution in [0.3, 0.4) is 0 Å². The summed E-state index contributed by atoms with van der Waals surface area (Å²) < 4.78 is 28.4. The third-order valence-corrected chi connectivity index (χ3v) is 5.52. The van der Waals surface area contributed by atoms with Gasteiger partial charge in [0.05, 0.1) is 11.5 Å². The molecule has 1 aliphatic heterocycles. The highest BCUT2D eigenvalue weighted by Crippen LogP contribution is 2.23. The van der Waals surface area contributed by atoms with Gasteiger partial charge in [-0.05, 0) is 19.8 Å². The van der Waals surface area contributed by atoms with E-state index in [0.29, 0.717) is 13.0 Å². The lowest BCUT2D eigenvalue weighted by atomic mass is 10.2. The molecular weight excluding hydrogens is 304 g/mol. The number of rotatable bonds is 8. The molecule has 1 atom stereocenters. The SMILES string of the molecule is CCN(c1cc(NCCCOC)ncn1)C1CCS(=O)(=O)C1. The van der Waals surface area contributed by atoms with Crippen LogP contribution in [0.5, 0.6) is 0 Å². The van der Waals surface area contributed by atoms with Gasteiger partial charge in [0, 0.05) is 38.9 Å². The van der Waals surface area contributed by atoms with Crippen LogP contribution < -0.4 is 10.2 Å². The molecule has 1 fully saturated rings. The fraction of sp³-hybridized carbons (Fsp3) is 0.714. The van der Waals surface area contributed by atoms with Gasteiger partial charge in [-0.1, -0.05) is 0 Å². The highest BCUT2D eigenvalue weighted by atomic mass is 32.2. The van der Waals surface area contributed by atoms with Gasteiger partial charge < -0.3 is 15.0 Å². The molecule has 0 aliphatic carbocycles. The lowest BCUT2D eigenvalue weighted by molar-refractivity contribution is 0.198. The normalized spacial score (nSPS) is 20.0. The number of nitrogens with one attached hydrogen (secondary N) is 1. The first-order chi connectivity index (χ1) is 10.6. The average molecular weight is 328 g/mol. The van der Waals surface area contributed by atoms with E-state index in [2.05, 4.69) is 15.3 Å². The van der Waals surface area contributed by atoms with E-state index in [1.54, 1.807) is 7.11 Å². The number of methoxy groups -OCH3 is 1. The van der Waals surface area contributed by atoms with E-state index in [-0.39, 0.29) is 17.5 Å². The van der Waals surface area contributed by atoms with Gasteiger partial charge in [-0.25, -0.2) is 18.4 Å². The summed E-state index contributed by atoms with van der Waals surface area (Å²) in [5.74, 6) is 2.00. The zero-order valence-corrected chi connectivity index (χ0v) is 14.0. The van der Waals surface area contributed by atoms with Crippen molar-refractivity contribution in [1.82, 2.24) is 9.97 Å². The Morgan fingerprint density at radius 3 is 2.91 bits per heavy atom. The minimum Gasteiger partial charge on any atom is -0.385 e. The van der Waals surface area contributed by atoms with Crippen LogP contribution in [0.4, 0.5) is 11.6 Å². The molecule has 1 aliphatic rings. The van der Waals surface area contributed by atoms with Crippen molar-refractivity contribution in [3.63, 3.8) is 0 Å². The van der Waals surface area contributed by atoms with Crippen LogP contribution in [0.2, 0.25) is 0 Å². The molecule has 0 saturated carbocycles. The summed E-state index contributed by atoms with van der Waals surface area (Å²) in [5.41, 5.74) is 0. The zero-order valence-electron chi connectivity index (χ0n) is 13.2. The van der Waals surface area contributed by atoms with Crippen LogP contribution in [0.1, 0.15) is 19.8 Å². The van der Waals surface area contributed by atoms with E-state index in [1.165, 1.54) is 6.33 Å². The molecule has 0 amide bonds. The maximum atomic E-state index is 11.7. The molecule has 0 aromatic carbocycles. The molecule has 22 heavy (non-hydrogen) atoms. The van der Waals surface area contributed by atoms with Crippen molar-refractivity contribution >= 4 is 21.5 Å². The van der Waals surface area contributed by atoms with Crippen LogP contribution in [0.15, 0.2) is 12.4 Å². The minimum atomic E-state index is -2.90. The summed E-state index contributed by atoms with van der Waals surface area (Å²) in [5, 5.41) is 3.23. The number of anilines is 2. The van der Waals surface area contributed by atoms with E-state index in [9.17, 15) is 8.42 Å². The van der Waals surface area contributed by atoms with E-state index in [4.69, 9.17) is 4.74 Å². The lowest BCUT2D eigenvalue weighted by Gasteiger charge is -2.28. The second-order valence-corrected chi connectivity index (χ2v) is 7.61. The fourth-order valence-corrected chi connectivity index (χ4v) is 4.39. The van der Waals surface area contributed by atoms with E-state index in [0.717, 1.165) is 31.1 Å². The van der Waals surface area contributed by atoms with Crippen molar-refractivity contribution in [2.75, 3.05) is 48.5 Å². The monoisotopic (exact) mass is 328 g/mol. The summed E-state index contributed by atoms with van der Waals surface area (Å²) in [4.78, 5) is 10.6. The fourth-order valence-electron chi connectivity index (χ4n) is 2.66. The quantitative estimate of drug-likeness (QED) is 0.711. The highest BCUT2D eigenvalue weighted by Gasteiger charge is 2.32. The third kappa shape index (κ3) is 4.54. The molecule has 7 nitrogen and oxygen atoms in total. The molecular formula is C14H24N4O3S. The minimum absolute atomic E-state index is 0.00578. The second-order valence-electron chi connectivity index (χ2n) is 5.38. The summed E-state index contributed by atoms with van der Waals surface area (Å²) in [6.45, 7) is 4.21. The van der Waals surface area contributed by atoms with Crippen LogP contribution in [-0.2, 0) is 14.6 Å². The smallest absolute Gasteiger partial charge is 0.152 e. The first-order valence-electron chi connectivity index (χ1n) is 7.57. The zero-order chi connectivity index (χ0) is 16.0. The maximum absolute atomic E-state index is 11.7. The molecule has 1 saturated heterocycles. The van der Waals surface area contributed by atoms with Crippen molar-refractivity contribution in [2.45, 2.75) is 25.8 Å². The average Bonchev–Trinajstić information content (AvgIpc) is 2.85. The number of ether oxygens (including phenoxy) is 1. The highest BCUT2D eigenvalue weighted by molar-refractivity contribution is 7.91. The predicted octanol–water partition coefficient (Wildman–Crippen LogP) is 0.938. The van der Waals surface area contributed by atoms with Gasteiger partial charge in [-0.3, -0.25) is 0 Å². The molecule has 0 spiro atoms. The van der Waals surface area contributed by atoms with Gasteiger partial charge in [0.15, 0.2) is 9.84 Å². The number of aromatic nitrogens is 2. The Morgan fingerprint density at radius 1 is 1.45 bits per heavy atom.